The van der Waals surface area contributed by atoms with Gasteiger partial charge < -0.3 is 19.7 Å². The van der Waals surface area contributed by atoms with Crippen LogP contribution in [0.15, 0.2) is 43.0 Å². The maximum atomic E-state index is 13.4. The van der Waals surface area contributed by atoms with Gasteiger partial charge in [-0.2, -0.15) is 0 Å². The van der Waals surface area contributed by atoms with Crippen LogP contribution >= 0.6 is 0 Å². The molecule has 1 aliphatic rings. The maximum Gasteiger partial charge on any atom is 0.250 e. The van der Waals surface area contributed by atoms with Crippen LogP contribution in [0.25, 0.3) is 0 Å². The van der Waals surface area contributed by atoms with E-state index in [1.54, 1.807) is 28.2 Å². The first-order valence-electron chi connectivity index (χ1n) is 11.5. The van der Waals surface area contributed by atoms with Gasteiger partial charge in [-0.25, -0.2) is 4.98 Å². The molecule has 0 saturated heterocycles. The number of aromatic nitrogens is 2. The predicted molar refractivity (Wildman–Crippen MR) is 123 cm³/mol. The first kappa shape index (κ1) is 23.0. The first-order chi connectivity index (χ1) is 15.1. The molecule has 0 spiro atoms. The molecule has 31 heavy (non-hydrogen) atoms. The highest BCUT2D eigenvalue weighted by atomic mass is 16.2. The summed E-state index contributed by atoms with van der Waals surface area (Å²) in [5.74, 6) is -0.160. The number of hydrogen-bond donors (Lipinski definition) is 1. The molecule has 2 amide bonds. The van der Waals surface area contributed by atoms with E-state index < -0.39 is 6.04 Å². The molecular formula is C24H35N5O2. The summed E-state index contributed by atoms with van der Waals surface area (Å²) in [5.41, 5.74) is 2.12. The number of nitrogens with one attached hydrogen (secondary N) is 1. The van der Waals surface area contributed by atoms with E-state index in [4.69, 9.17) is 0 Å². The molecule has 2 heterocycles. The van der Waals surface area contributed by atoms with Gasteiger partial charge in [-0.15, -0.1) is 0 Å². The standard InChI is InChI=1S/C24H35N5O2/c1-3-13-27(14-4-2)15-7-11-26-23(30)18-22(28-17-12-25-19-28)24(31)29-16-10-20-8-5-6-9-21(20)29/h5-6,8-9,12,17,19,22H,3-4,7,10-11,13-16,18H2,1-2H3,(H,26,30)/t22-/m0/s1. The molecule has 3 rings (SSSR count). The van der Waals surface area contributed by atoms with Gasteiger partial charge in [-0.05, 0) is 56.9 Å². The number of imidazole rings is 1. The van der Waals surface area contributed by atoms with Gasteiger partial charge in [0.1, 0.15) is 6.04 Å². The molecular weight excluding hydrogens is 390 g/mol. The molecule has 0 fully saturated rings. The predicted octanol–water partition coefficient (Wildman–Crippen LogP) is 3.03. The van der Waals surface area contributed by atoms with Crippen LogP contribution in [0.3, 0.4) is 0 Å². The number of amides is 2. The summed E-state index contributed by atoms with van der Waals surface area (Å²) in [6, 6.07) is 7.38. The van der Waals surface area contributed by atoms with E-state index in [2.05, 4.69) is 35.1 Å². The fourth-order valence-electron chi connectivity index (χ4n) is 4.27. The van der Waals surface area contributed by atoms with Crippen LogP contribution in [0.2, 0.25) is 0 Å². The Labute approximate surface area is 185 Å². The normalized spacial score (nSPS) is 14.0. The van der Waals surface area contributed by atoms with Gasteiger partial charge in [-0.1, -0.05) is 32.0 Å². The molecule has 7 heteroatoms. The number of anilines is 1. The number of benzene rings is 1. The van der Waals surface area contributed by atoms with Crippen molar-refractivity contribution < 1.29 is 9.59 Å². The number of carbonyl (C=O) groups excluding carboxylic acids is 2. The number of rotatable bonds is 12. The highest BCUT2D eigenvalue weighted by molar-refractivity contribution is 6.00. The molecule has 7 nitrogen and oxygen atoms in total. The van der Waals surface area contributed by atoms with E-state index in [-0.39, 0.29) is 18.2 Å². The Hall–Kier alpha value is -2.67. The van der Waals surface area contributed by atoms with E-state index >= 15 is 0 Å². The minimum atomic E-state index is -0.592. The fourth-order valence-corrected chi connectivity index (χ4v) is 4.27. The zero-order chi connectivity index (χ0) is 22.1. The topological polar surface area (TPSA) is 70.5 Å². The molecule has 1 atom stereocenters. The van der Waals surface area contributed by atoms with Crippen LogP contribution in [0.5, 0.6) is 0 Å². The minimum Gasteiger partial charge on any atom is -0.356 e. The van der Waals surface area contributed by atoms with E-state index in [1.807, 2.05) is 18.2 Å². The van der Waals surface area contributed by atoms with Crippen molar-refractivity contribution in [1.29, 1.82) is 0 Å². The number of nitrogens with zero attached hydrogens (tertiary/aromatic N) is 4. The summed E-state index contributed by atoms with van der Waals surface area (Å²) in [6.45, 7) is 8.83. The van der Waals surface area contributed by atoms with Crippen molar-refractivity contribution in [2.75, 3.05) is 37.6 Å². The second-order valence-corrected chi connectivity index (χ2v) is 8.14. The lowest BCUT2D eigenvalue weighted by molar-refractivity contribution is -0.128. The molecule has 1 aromatic heterocycles. The number of para-hydroxylation sites is 1. The summed E-state index contributed by atoms with van der Waals surface area (Å²) >= 11 is 0. The second-order valence-electron chi connectivity index (χ2n) is 8.14. The third-order valence-electron chi connectivity index (χ3n) is 5.75. The minimum absolute atomic E-state index is 0.0600. The number of hydrogen-bond acceptors (Lipinski definition) is 4. The summed E-state index contributed by atoms with van der Waals surface area (Å²) in [6.07, 6.45) is 9.16. The van der Waals surface area contributed by atoms with Gasteiger partial charge in [0.2, 0.25) is 5.91 Å². The molecule has 0 saturated carbocycles. The lowest BCUT2D eigenvalue weighted by atomic mass is 10.1. The van der Waals surface area contributed by atoms with E-state index in [9.17, 15) is 9.59 Å². The highest BCUT2D eigenvalue weighted by Gasteiger charge is 2.32. The summed E-state index contributed by atoms with van der Waals surface area (Å²) < 4.78 is 1.74. The third-order valence-corrected chi connectivity index (χ3v) is 5.75. The van der Waals surface area contributed by atoms with E-state index in [1.165, 1.54) is 5.56 Å². The highest BCUT2D eigenvalue weighted by Crippen LogP contribution is 2.30. The van der Waals surface area contributed by atoms with Gasteiger partial charge in [0.15, 0.2) is 0 Å². The molecule has 1 aliphatic heterocycles. The van der Waals surface area contributed by atoms with Crippen LogP contribution in [-0.4, -0.2) is 59.0 Å². The molecule has 0 radical (unpaired) electrons. The second kappa shape index (κ2) is 11.6. The lowest BCUT2D eigenvalue weighted by Crippen LogP contribution is -2.39. The maximum absolute atomic E-state index is 13.4. The first-order valence-corrected chi connectivity index (χ1v) is 11.5. The van der Waals surface area contributed by atoms with Crippen molar-refractivity contribution in [2.45, 2.75) is 52.0 Å². The van der Waals surface area contributed by atoms with Crippen LogP contribution in [0.1, 0.15) is 51.1 Å². The molecule has 0 unspecified atom stereocenters. The lowest BCUT2D eigenvalue weighted by Gasteiger charge is -2.25. The average molecular weight is 426 g/mol. The van der Waals surface area contributed by atoms with Gasteiger partial charge >= 0.3 is 0 Å². The SMILES string of the molecule is CCCN(CCC)CCCNC(=O)C[C@@H](C(=O)N1CCc2ccccc21)n1ccnc1. The Kier molecular flexibility index (Phi) is 8.64. The quantitative estimate of drug-likeness (QED) is 0.531. The van der Waals surface area contributed by atoms with Crippen molar-refractivity contribution in [3.05, 3.63) is 48.5 Å². The Balaban J connectivity index is 1.57. The van der Waals surface area contributed by atoms with Crippen molar-refractivity contribution in [3.8, 4) is 0 Å². The van der Waals surface area contributed by atoms with Gasteiger partial charge in [0.25, 0.3) is 5.91 Å². The average Bonchev–Trinajstić information content (AvgIpc) is 3.45. The monoisotopic (exact) mass is 425 g/mol. The van der Waals surface area contributed by atoms with Crippen molar-refractivity contribution in [1.82, 2.24) is 19.8 Å². The Morgan fingerprint density at radius 2 is 1.94 bits per heavy atom. The van der Waals surface area contributed by atoms with Crippen molar-refractivity contribution in [3.63, 3.8) is 0 Å². The summed E-state index contributed by atoms with van der Waals surface area (Å²) in [5, 5.41) is 3.01. The van der Waals surface area contributed by atoms with E-state index in [0.717, 1.165) is 51.0 Å². The van der Waals surface area contributed by atoms with Crippen LogP contribution in [0.4, 0.5) is 5.69 Å². The third kappa shape index (κ3) is 6.17. The zero-order valence-corrected chi connectivity index (χ0v) is 18.8. The van der Waals surface area contributed by atoms with Gasteiger partial charge in [0.05, 0.1) is 12.7 Å². The van der Waals surface area contributed by atoms with Crippen LogP contribution < -0.4 is 10.2 Å². The molecule has 1 N–H and O–H groups in total. The van der Waals surface area contributed by atoms with E-state index in [0.29, 0.717) is 13.1 Å². The zero-order valence-electron chi connectivity index (χ0n) is 18.8. The van der Waals surface area contributed by atoms with Crippen molar-refractivity contribution in [2.24, 2.45) is 0 Å². The van der Waals surface area contributed by atoms with Crippen LogP contribution in [-0.2, 0) is 16.0 Å². The number of fused-ring (bicyclic) bond motifs is 1. The summed E-state index contributed by atoms with van der Waals surface area (Å²) in [4.78, 5) is 34.4. The largest absolute Gasteiger partial charge is 0.356 e. The Morgan fingerprint density at radius 3 is 2.65 bits per heavy atom. The van der Waals surface area contributed by atoms with Crippen LogP contribution in [0, 0.1) is 0 Å². The number of carbonyl (C=O) groups is 2. The molecule has 0 bridgehead atoms. The molecule has 168 valence electrons. The summed E-state index contributed by atoms with van der Waals surface area (Å²) in [7, 11) is 0. The Morgan fingerprint density at radius 1 is 1.16 bits per heavy atom. The Bertz CT molecular complexity index is 830. The molecule has 2 aromatic rings. The smallest absolute Gasteiger partial charge is 0.250 e. The van der Waals surface area contributed by atoms with Gasteiger partial charge in [-0.3, -0.25) is 9.59 Å². The molecule has 0 aliphatic carbocycles. The molecule has 1 aromatic carbocycles. The van der Waals surface area contributed by atoms with Gasteiger partial charge in [0, 0.05) is 31.2 Å². The fraction of sp³-hybridized carbons (Fsp3) is 0.542. The van der Waals surface area contributed by atoms with Crippen molar-refractivity contribution >= 4 is 17.5 Å².